The predicted octanol–water partition coefficient (Wildman–Crippen LogP) is 1.68. The lowest BCUT2D eigenvalue weighted by Gasteiger charge is -2.08. The molecular weight excluding hydrogens is 343 g/mol. The van der Waals surface area contributed by atoms with Gasteiger partial charge in [0.05, 0.1) is 18.4 Å². The molecule has 0 aliphatic rings. The van der Waals surface area contributed by atoms with Crippen molar-refractivity contribution < 1.29 is 22.4 Å². The van der Waals surface area contributed by atoms with Crippen LogP contribution in [-0.2, 0) is 6.54 Å². The van der Waals surface area contributed by atoms with Gasteiger partial charge in [0.2, 0.25) is 0 Å². The number of ether oxygens (including phenoxy) is 1. The van der Waals surface area contributed by atoms with Gasteiger partial charge in [0.15, 0.2) is 6.61 Å². The molecule has 0 aromatic carbocycles. The summed E-state index contributed by atoms with van der Waals surface area (Å²) in [7, 11) is 0. The molecule has 0 bridgehead atoms. The normalized spacial score (nSPS) is 11.5. The highest BCUT2D eigenvalue weighted by atomic mass is 19.4. The second-order valence-corrected chi connectivity index (χ2v) is 4.91. The molecule has 0 saturated heterocycles. The van der Waals surface area contributed by atoms with Crippen molar-refractivity contribution in [1.82, 2.24) is 24.9 Å². The maximum absolute atomic E-state index is 12.1. The van der Waals surface area contributed by atoms with Crippen LogP contribution in [0.2, 0.25) is 0 Å². The Balaban J connectivity index is 1.78. The molecule has 3 heterocycles. The molecule has 0 atom stereocenters. The van der Waals surface area contributed by atoms with Gasteiger partial charge < -0.3 is 9.26 Å². The number of alkyl halides is 3. The Morgan fingerprint density at radius 1 is 1.16 bits per heavy atom. The van der Waals surface area contributed by atoms with Gasteiger partial charge in [-0.2, -0.15) is 18.3 Å². The van der Waals surface area contributed by atoms with E-state index in [2.05, 4.69) is 25.0 Å². The maximum atomic E-state index is 12.1. The van der Waals surface area contributed by atoms with Crippen LogP contribution in [0.3, 0.4) is 0 Å². The van der Waals surface area contributed by atoms with E-state index in [0.717, 1.165) is 0 Å². The summed E-state index contributed by atoms with van der Waals surface area (Å²) in [5.74, 6) is 0. The SMILES string of the molecule is O=c1ccc(-c2cnc(OCC(F)(F)F)nc2)nn1Cc1cnoc1. The summed E-state index contributed by atoms with van der Waals surface area (Å²) in [6.07, 6.45) is 0.888. The molecule has 8 nitrogen and oxygen atoms in total. The molecule has 3 aromatic rings. The van der Waals surface area contributed by atoms with Crippen LogP contribution in [0.25, 0.3) is 11.3 Å². The highest BCUT2D eigenvalue weighted by Gasteiger charge is 2.28. The van der Waals surface area contributed by atoms with Crippen molar-refractivity contribution in [3.63, 3.8) is 0 Å². The van der Waals surface area contributed by atoms with E-state index < -0.39 is 18.8 Å². The summed E-state index contributed by atoms with van der Waals surface area (Å²) in [6, 6.07) is 2.37. The highest BCUT2D eigenvalue weighted by molar-refractivity contribution is 5.55. The third-order valence-electron chi connectivity index (χ3n) is 2.97. The third-order valence-corrected chi connectivity index (χ3v) is 2.97. The largest absolute Gasteiger partial charge is 0.454 e. The fourth-order valence-corrected chi connectivity index (χ4v) is 1.86. The lowest BCUT2D eigenvalue weighted by molar-refractivity contribution is -0.154. The van der Waals surface area contributed by atoms with Crippen molar-refractivity contribution in [2.45, 2.75) is 12.7 Å². The van der Waals surface area contributed by atoms with E-state index in [1.165, 1.54) is 41.7 Å². The Morgan fingerprint density at radius 2 is 1.92 bits per heavy atom. The number of hydrogen-bond donors (Lipinski definition) is 0. The average molecular weight is 353 g/mol. The molecule has 0 fully saturated rings. The van der Waals surface area contributed by atoms with Gasteiger partial charge in [0.1, 0.15) is 6.26 Å². The van der Waals surface area contributed by atoms with Gasteiger partial charge in [-0.1, -0.05) is 5.16 Å². The van der Waals surface area contributed by atoms with Gasteiger partial charge in [-0.05, 0) is 6.07 Å². The van der Waals surface area contributed by atoms with Crippen molar-refractivity contribution in [1.29, 1.82) is 0 Å². The fourth-order valence-electron chi connectivity index (χ4n) is 1.86. The molecule has 0 aliphatic heterocycles. The Labute approximate surface area is 137 Å². The first-order chi connectivity index (χ1) is 11.9. The molecule has 0 unspecified atom stereocenters. The van der Waals surface area contributed by atoms with Gasteiger partial charge >= 0.3 is 12.2 Å². The minimum atomic E-state index is -4.47. The van der Waals surface area contributed by atoms with E-state index >= 15 is 0 Å². The Kier molecular flexibility index (Phi) is 4.46. The van der Waals surface area contributed by atoms with Gasteiger partial charge in [-0.25, -0.2) is 14.6 Å². The van der Waals surface area contributed by atoms with Crippen LogP contribution < -0.4 is 10.3 Å². The number of nitrogens with zero attached hydrogens (tertiary/aromatic N) is 5. The van der Waals surface area contributed by atoms with E-state index in [9.17, 15) is 18.0 Å². The van der Waals surface area contributed by atoms with Crippen molar-refractivity contribution in [3.8, 4) is 17.3 Å². The standard InChI is InChI=1S/C14H10F3N5O3/c15-14(16,17)8-24-13-18-4-10(5-19-13)11-1-2-12(23)22(21-11)6-9-3-20-25-7-9/h1-5,7H,6,8H2. The van der Waals surface area contributed by atoms with Crippen LogP contribution in [0.1, 0.15) is 5.56 Å². The van der Waals surface area contributed by atoms with Crippen LogP contribution in [-0.4, -0.2) is 37.7 Å². The summed E-state index contributed by atoms with van der Waals surface area (Å²) in [5, 5.41) is 7.71. The number of hydrogen-bond acceptors (Lipinski definition) is 7. The summed E-state index contributed by atoms with van der Waals surface area (Å²) in [4.78, 5) is 19.3. The first kappa shape index (κ1) is 16.6. The number of rotatable bonds is 5. The first-order valence-corrected chi connectivity index (χ1v) is 6.89. The fraction of sp³-hybridized carbons (Fsp3) is 0.214. The van der Waals surface area contributed by atoms with E-state index in [-0.39, 0.29) is 12.1 Å². The molecule has 0 saturated carbocycles. The molecule has 3 aromatic heterocycles. The van der Waals surface area contributed by atoms with Gasteiger partial charge in [-0.15, -0.1) is 0 Å². The Morgan fingerprint density at radius 3 is 2.56 bits per heavy atom. The molecule has 0 aliphatic carbocycles. The van der Waals surface area contributed by atoms with Crippen LogP contribution >= 0.6 is 0 Å². The van der Waals surface area contributed by atoms with E-state index in [0.29, 0.717) is 16.8 Å². The number of aromatic nitrogens is 5. The lowest BCUT2D eigenvalue weighted by Crippen LogP contribution is -2.22. The van der Waals surface area contributed by atoms with Gasteiger partial charge in [0.25, 0.3) is 5.56 Å². The number of halogens is 3. The molecular formula is C14H10F3N5O3. The van der Waals surface area contributed by atoms with Gasteiger partial charge in [-0.3, -0.25) is 4.79 Å². The molecule has 0 radical (unpaired) electrons. The molecule has 25 heavy (non-hydrogen) atoms. The molecule has 11 heteroatoms. The van der Waals surface area contributed by atoms with Crippen LogP contribution in [0, 0.1) is 0 Å². The zero-order valence-corrected chi connectivity index (χ0v) is 12.5. The maximum Gasteiger partial charge on any atom is 0.422 e. The minimum absolute atomic E-state index is 0.157. The minimum Gasteiger partial charge on any atom is -0.454 e. The van der Waals surface area contributed by atoms with Crippen LogP contribution in [0.15, 0.2) is 46.3 Å². The monoisotopic (exact) mass is 353 g/mol. The van der Waals surface area contributed by atoms with Crippen molar-refractivity contribution in [2.24, 2.45) is 0 Å². The van der Waals surface area contributed by atoms with Crippen molar-refractivity contribution >= 4 is 0 Å². The highest BCUT2D eigenvalue weighted by Crippen LogP contribution is 2.18. The van der Waals surface area contributed by atoms with Crippen LogP contribution in [0.5, 0.6) is 6.01 Å². The first-order valence-electron chi connectivity index (χ1n) is 6.89. The summed E-state index contributed by atoms with van der Waals surface area (Å²) < 4.78 is 46.6. The zero-order chi connectivity index (χ0) is 17.9. The van der Waals surface area contributed by atoms with Gasteiger partial charge in [0, 0.05) is 29.6 Å². The summed E-state index contributed by atoms with van der Waals surface area (Å²) >= 11 is 0. The quantitative estimate of drug-likeness (QED) is 0.688. The molecule has 0 amide bonds. The Bertz CT molecular complexity index is 891. The van der Waals surface area contributed by atoms with Crippen LogP contribution in [0.4, 0.5) is 13.2 Å². The molecule has 0 N–H and O–H groups in total. The smallest absolute Gasteiger partial charge is 0.422 e. The summed E-state index contributed by atoms with van der Waals surface area (Å²) in [6.45, 7) is -1.32. The second kappa shape index (κ2) is 6.71. The topological polar surface area (TPSA) is 95.9 Å². The molecule has 3 rings (SSSR count). The average Bonchev–Trinajstić information content (AvgIpc) is 3.08. The third kappa shape index (κ3) is 4.40. The second-order valence-electron chi connectivity index (χ2n) is 4.91. The lowest BCUT2D eigenvalue weighted by atomic mass is 10.2. The zero-order valence-electron chi connectivity index (χ0n) is 12.5. The molecule has 0 spiro atoms. The van der Waals surface area contributed by atoms with E-state index in [1.54, 1.807) is 0 Å². The van der Waals surface area contributed by atoms with Crippen molar-refractivity contribution in [3.05, 3.63) is 52.9 Å². The predicted molar refractivity (Wildman–Crippen MR) is 76.7 cm³/mol. The Hall–Kier alpha value is -3.24. The molecule has 130 valence electrons. The van der Waals surface area contributed by atoms with E-state index in [1.807, 2.05) is 0 Å². The summed E-state index contributed by atoms with van der Waals surface area (Å²) in [5.41, 5.74) is 1.10. The van der Waals surface area contributed by atoms with Crippen molar-refractivity contribution in [2.75, 3.05) is 6.61 Å². The van der Waals surface area contributed by atoms with E-state index in [4.69, 9.17) is 4.52 Å².